The first-order valence-electron chi connectivity index (χ1n) is 4.94. The molecule has 0 aliphatic carbocycles. The first-order valence-corrected chi connectivity index (χ1v) is 6.87. The molecule has 5 nitrogen and oxygen atoms in total. The average Bonchev–Trinajstić information content (AvgIpc) is 2.29. The van der Waals surface area contributed by atoms with Crippen molar-refractivity contribution in [2.75, 3.05) is 41.0 Å². The second kappa shape index (κ2) is 8.82. The summed E-state index contributed by atoms with van der Waals surface area (Å²) in [5, 5.41) is 3.17. The number of rotatable bonds is 9. The van der Waals surface area contributed by atoms with Crippen LogP contribution >= 0.6 is 0 Å². The van der Waals surface area contributed by atoms with E-state index in [-0.39, 0.29) is 0 Å². The van der Waals surface area contributed by atoms with Gasteiger partial charge in [0, 0.05) is 27.4 Å². The predicted octanol–water partition coefficient (Wildman–Crippen LogP) is 0.763. The summed E-state index contributed by atoms with van der Waals surface area (Å²) in [6, 6.07) is 0.793. The van der Waals surface area contributed by atoms with E-state index in [0.29, 0.717) is 6.54 Å². The van der Waals surface area contributed by atoms with E-state index in [1.165, 1.54) is 0 Å². The molecule has 0 spiro atoms. The molecule has 0 amide bonds. The van der Waals surface area contributed by atoms with E-state index in [9.17, 15) is 0 Å². The van der Waals surface area contributed by atoms with Crippen molar-refractivity contribution in [3.63, 3.8) is 0 Å². The maximum absolute atomic E-state index is 6.60. The first-order chi connectivity index (χ1) is 7.24. The molecule has 15 heavy (non-hydrogen) atoms. The van der Waals surface area contributed by atoms with Gasteiger partial charge in [-0.1, -0.05) is 0 Å². The summed E-state index contributed by atoms with van der Waals surface area (Å²) in [6.45, 7) is 8.74. The van der Waals surface area contributed by atoms with Crippen LogP contribution in [-0.2, 0) is 13.3 Å². The topological polar surface area (TPSA) is 44.1 Å². The first kappa shape index (κ1) is 14.5. The van der Waals surface area contributed by atoms with Crippen molar-refractivity contribution < 1.29 is 13.3 Å². The molecule has 1 N–H and O–H groups in total. The van der Waals surface area contributed by atoms with Gasteiger partial charge in [-0.05, 0) is 13.0 Å². The maximum atomic E-state index is 6.60. The predicted molar refractivity (Wildman–Crippen MR) is 60.5 cm³/mol. The highest BCUT2D eigenvalue weighted by molar-refractivity contribution is 6.60. The van der Waals surface area contributed by atoms with Gasteiger partial charge in [0.15, 0.2) is 0 Å². The monoisotopic (exact) mass is 232 g/mol. The summed E-state index contributed by atoms with van der Waals surface area (Å²) < 4.78 is 15.8. The van der Waals surface area contributed by atoms with E-state index in [2.05, 4.69) is 10.2 Å². The van der Waals surface area contributed by atoms with Gasteiger partial charge in [-0.3, -0.25) is 0 Å². The minimum atomic E-state index is -2.39. The molecule has 0 heterocycles. The van der Waals surface area contributed by atoms with Gasteiger partial charge in [0.1, 0.15) is 0 Å². The van der Waals surface area contributed by atoms with Gasteiger partial charge in [0.05, 0.1) is 6.54 Å². The lowest BCUT2D eigenvalue weighted by Crippen LogP contribution is -2.43. The van der Waals surface area contributed by atoms with Crippen molar-refractivity contribution in [1.82, 2.24) is 5.32 Å². The third-order valence-corrected chi connectivity index (χ3v) is 5.00. The van der Waals surface area contributed by atoms with Crippen LogP contribution < -0.4 is 5.32 Å². The van der Waals surface area contributed by atoms with Crippen LogP contribution in [0.15, 0.2) is 0 Å². The molecule has 0 aromatic carbocycles. The zero-order chi connectivity index (χ0) is 11.6. The van der Waals surface area contributed by atoms with Crippen LogP contribution in [0.25, 0.3) is 4.85 Å². The molecule has 0 radical (unpaired) electrons. The van der Waals surface area contributed by atoms with E-state index < -0.39 is 8.80 Å². The van der Waals surface area contributed by atoms with Crippen molar-refractivity contribution in [2.24, 2.45) is 0 Å². The van der Waals surface area contributed by atoms with E-state index in [1.807, 2.05) is 0 Å². The van der Waals surface area contributed by atoms with Crippen molar-refractivity contribution in [3.8, 4) is 0 Å². The van der Waals surface area contributed by atoms with Gasteiger partial charge in [-0.15, -0.1) is 0 Å². The van der Waals surface area contributed by atoms with Gasteiger partial charge in [-0.2, -0.15) is 0 Å². The van der Waals surface area contributed by atoms with Crippen molar-refractivity contribution in [3.05, 3.63) is 11.4 Å². The molecule has 0 unspecified atom stereocenters. The Hall–Kier alpha value is -0.453. The van der Waals surface area contributed by atoms with Crippen LogP contribution in [0.1, 0.15) is 6.42 Å². The molecule has 0 fully saturated rings. The normalized spacial score (nSPS) is 11.3. The lowest BCUT2D eigenvalue weighted by molar-refractivity contribution is 0.123. The Bertz CT molecular complexity index is 184. The van der Waals surface area contributed by atoms with E-state index in [0.717, 1.165) is 25.6 Å². The molecular weight excluding hydrogens is 212 g/mol. The number of nitrogens with zero attached hydrogens (tertiary/aromatic N) is 1. The van der Waals surface area contributed by atoms with Crippen LogP contribution in [-0.4, -0.2) is 49.8 Å². The van der Waals surface area contributed by atoms with Crippen LogP contribution in [0.5, 0.6) is 0 Å². The highest BCUT2D eigenvalue weighted by atomic mass is 28.4. The SMILES string of the molecule is [C-]#[N+]CCNCCC[Si](OC)(OC)OC. The minimum absolute atomic E-state index is 0.529. The lowest BCUT2D eigenvalue weighted by atomic mass is 10.5. The molecule has 0 atom stereocenters. The Morgan fingerprint density at radius 2 is 1.73 bits per heavy atom. The molecule has 0 bridgehead atoms. The number of hydrogen-bond acceptors (Lipinski definition) is 4. The second-order valence-corrected chi connectivity index (χ2v) is 6.12. The number of nitrogens with one attached hydrogen (secondary N) is 1. The van der Waals surface area contributed by atoms with Gasteiger partial charge in [0.2, 0.25) is 6.54 Å². The third kappa shape index (κ3) is 5.87. The Kier molecular flexibility index (Phi) is 8.56. The highest BCUT2D eigenvalue weighted by Crippen LogP contribution is 2.14. The molecule has 0 aliphatic heterocycles. The van der Waals surface area contributed by atoms with E-state index in [1.54, 1.807) is 21.3 Å². The lowest BCUT2D eigenvalue weighted by Gasteiger charge is -2.24. The molecule has 88 valence electrons. The zero-order valence-electron chi connectivity index (χ0n) is 9.71. The summed E-state index contributed by atoms with van der Waals surface area (Å²) in [4.78, 5) is 3.25. The summed E-state index contributed by atoms with van der Waals surface area (Å²) in [5.41, 5.74) is 0. The molecular formula is C9H20N2O3Si. The fourth-order valence-electron chi connectivity index (χ4n) is 1.25. The van der Waals surface area contributed by atoms with Crippen molar-refractivity contribution in [2.45, 2.75) is 12.5 Å². The Labute approximate surface area is 92.9 Å². The van der Waals surface area contributed by atoms with Crippen LogP contribution in [0.3, 0.4) is 0 Å². The molecule has 0 aromatic heterocycles. The summed E-state index contributed by atoms with van der Waals surface area (Å²) in [5.74, 6) is 0. The molecule has 0 aromatic rings. The fourth-order valence-corrected chi connectivity index (χ4v) is 2.97. The molecule has 0 saturated heterocycles. The number of hydrogen-bond donors (Lipinski definition) is 1. The van der Waals surface area contributed by atoms with Gasteiger partial charge in [-0.25, -0.2) is 6.57 Å². The summed E-state index contributed by atoms with van der Waals surface area (Å²) in [7, 11) is 2.46. The zero-order valence-corrected chi connectivity index (χ0v) is 10.7. The quantitative estimate of drug-likeness (QED) is 0.362. The van der Waals surface area contributed by atoms with Crippen molar-refractivity contribution >= 4 is 8.80 Å². The van der Waals surface area contributed by atoms with Crippen LogP contribution in [0.4, 0.5) is 0 Å². The van der Waals surface area contributed by atoms with Gasteiger partial charge < -0.3 is 23.4 Å². The molecule has 6 heteroatoms. The molecule has 0 saturated carbocycles. The average molecular weight is 232 g/mol. The second-order valence-electron chi connectivity index (χ2n) is 3.03. The van der Waals surface area contributed by atoms with Gasteiger partial charge >= 0.3 is 8.80 Å². The Morgan fingerprint density at radius 1 is 1.13 bits per heavy atom. The van der Waals surface area contributed by atoms with Crippen LogP contribution in [0.2, 0.25) is 6.04 Å². The van der Waals surface area contributed by atoms with Gasteiger partial charge in [0.25, 0.3) is 0 Å². The smallest absolute Gasteiger partial charge is 0.377 e. The third-order valence-electron chi connectivity index (χ3n) is 2.17. The van der Waals surface area contributed by atoms with Crippen LogP contribution in [0, 0.1) is 6.57 Å². The maximum Gasteiger partial charge on any atom is 0.500 e. The molecule has 0 rings (SSSR count). The van der Waals surface area contributed by atoms with Crippen molar-refractivity contribution in [1.29, 1.82) is 0 Å². The standard InChI is InChI=1S/C9H20N2O3Si/c1-10-7-8-11-6-5-9-15(12-2,13-3)14-4/h11H,5-9H2,2-4H3. The largest absolute Gasteiger partial charge is 0.500 e. The summed E-state index contributed by atoms with van der Waals surface area (Å²) in [6.07, 6.45) is 0.930. The fraction of sp³-hybridized carbons (Fsp3) is 0.889. The molecule has 0 aliphatic rings. The Morgan fingerprint density at radius 3 is 2.20 bits per heavy atom. The van der Waals surface area contributed by atoms with E-state index in [4.69, 9.17) is 19.9 Å². The highest BCUT2D eigenvalue weighted by Gasteiger charge is 2.36. The minimum Gasteiger partial charge on any atom is -0.377 e. The summed E-state index contributed by atoms with van der Waals surface area (Å²) >= 11 is 0. The van der Waals surface area contributed by atoms with E-state index >= 15 is 0 Å². The Balaban J connectivity index is 3.59.